The molecule has 0 aromatic carbocycles. The maximum Gasteiger partial charge on any atom is 0.574 e. The number of carbonyl (C=O) groups is 1. The molecule has 112 valence electrons. The van der Waals surface area contributed by atoms with Crippen LogP contribution in [0.15, 0.2) is 6.07 Å². The van der Waals surface area contributed by atoms with E-state index in [-0.39, 0.29) is 6.07 Å². The fourth-order valence-corrected chi connectivity index (χ4v) is 1.19. The first-order chi connectivity index (χ1) is 8.90. The summed E-state index contributed by atoms with van der Waals surface area (Å²) >= 11 is 0. The van der Waals surface area contributed by atoms with Crippen LogP contribution in [0.2, 0.25) is 0 Å². The van der Waals surface area contributed by atoms with E-state index in [1.165, 1.54) is 0 Å². The number of aromatic nitrogens is 1. The minimum Gasteiger partial charge on any atom is -0.503 e. The Bertz CT molecular complexity index is 524. The van der Waals surface area contributed by atoms with E-state index in [0.717, 1.165) is 0 Å². The molecule has 2 N–H and O–H groups in total. The highest BCUT2D eigenvalue weighted by Gasteiger charge is 2.38. The molecule has 0 aliphatic heterocycles. The van der Waals surface area contributed by atoms with E-state index in [2.05, 4.69) is 9.72 Å². The van der Waals surface area contributed by atoms with Crippen LogP contribution in [0.4, 0.5) is 26.3 Å². The Hall–Kier alpha value is -2.20. The fraction of sp³-hybridized carbons (Fsp3) is 0.333. The first-order valence-electron chi connectivity index (χ1n) is 4.68. The van der Waals surface area contributed by atoms with Crippen LogP contribution < -0.4 is 4.74 Å². The van der Waals surface area contributed by atoms with Crippen molar-refractivity contribution in [3.05, 3.63) is 17.3 Å². The van der Waals surface area contributed by atoms with Crippen LogP contribution in [-0.2, 0) is 17.4 Å². The van der Waals surface area contributed by atoms with E-state index in [1.54, 1.807) is 0 Å². The van der Waals surface area contributed by atoms with Gasteiger partial charge in [-0.1, -0.05) is 0 Å². The number of alkyl halides is 6. The number of hydrogen-bond acceptors (Lipinski definition) is 4. The number of aliphatic carboxylic acids is 1. The molecule has 0 atom stereocenters. The van der Waals surface area contributed by atoms with Gasteiger partial charge in [-0.15, -0.1) is 13.2 Å². The Labute approximate surface area is 106 Å². The highest BCUT2D eigenvalue weighted by atomic mass is 19.4. The summed E-state index contributed by atoms with van der Waals surface area (Å²) in [4.78, 5) is 12.9. The van der Waals surface area contributed by atoms with Crippen LogP contribution in [0.5, 0.6) is 11.6 Å². The number of nitrogens with zero attached hydrogens (tertiary/aromatic N) is 1. The molecule has 0 saturated carbocycles. The third-order valence-corrected chi connectivity index (χ3v) is 1.88. The maximum absolute atomic E-state index is 12.4. The van der Waals surface area contributed by atoms with Crippen molar-refractivity contribution in [2.45, 2.75) is 19.0 Å². The predicted octanol–water partition coefficient (Wildman–Crippen LogP) is 2.33. The van der Waals surface area contributed by atoms with Gasteiger partial charge in [0.05, 0.1) is 6.42 Å². The van der Waals surface area contributed by atoms with Crippen molar-refractivity contribution in [3.8, 4) is 11.6 Å². The number of carboxylic acid groups (broad SMARTS) is 1. The molecule has 0 amide bonds. The van der Waals surface area contributed by atoms with Crippen LogP contribution >= 0.6 is 0 Å². The van der Waals surface area contributed by atoms with Gasteiger partial charge in [0, 0.05) is 5.56 Å². The molecule has 11 heteroatoms. The highest BCUT2D eigenvalue weighted by molar-refractivity contribution is 5.71. The lowest BCUT2D eigenvalue weighted by Gasteiger charge is -2.14. The minimum absolute atomic E-state index is 0.132. The molecule has 0 aliphatic rings. The number of hydrogen-bond donors (Lipinski definition) is 2. The van der Waals surface area contributed by atoms with Gasteiger partial charge in [-0.05, 0) is 6.07 Å². The van der Waals surface area contributed by atoms with Crippen molar-refractivity contribution in [3.63, 3.8) is 0 Å². The summed E-state index contributed by atoms with van der Waals surface area (Å²) in [7, 11) is 0. The van der Waals surface area contributed by atoms with Gasteiger partial charge in [-0.3, -0.25) is 4.79 Å². The molecule has 0 aliphatic carbocycles. The summed E-state index contributed by atoms with van der Waals surface area (Å²) in [5, 5.41) is 17.7. The van der Waals surface area contributed by atoms with E-state index in [9.17, 15) is 36.2 Å². The largest absolute Gasteiger partial charge is 0.574 e. The van der Waals surface area contributed by atoms with Crippen molar-refractivity contribution in [1.29, 1.82) is 0 Å². The smallest absolute Gasteiger partial charge is 0.503 e. The number of ether oxygens (including phenoxy) is 1. The molecule has 1 rings (SSSR count). The first-order valence-corrected chi connectivity index (χ1v) is 4.68. The number of pyridine rings is 1. The summed E-state index contributed by atoms with van der Waals surface area (Å²) in [5.41, 5.74) is -2.72. The lowest BCUT2D eigenvalue weighted by Crippen LogP contribution is -2.20. The molecule has 20 heavy (non-hydrogen) atoms. The standard InChI is InChI=1S/C9H5F6NO4/c10-8(11,12)4-1-3(2-5(17)18)6(19)7(16-4)20-9(13,14)15/h1,19H,2H2,(H,17,18). The third kappa shape index (κ3) is 4.17. The van der Waals surface area contributed by atoms with E-state index in [1.807, 2.05) is 0 Å². The number of carboxylic acids is 1. The van der Waals surface area contributed by atoms with E-state index in [4.69, 9.17) is 5.11 Å². The second kappa shape index (κ2) is 5.06. The summed E-state index contributed by atoms with van der Waals surface area (Å²) in [5.74, 6) is -4.83. The van der Waals surface area contributed by atoms with Crippen LogP contribution in [0.25, 0.3) is 0 Å². The van der Waals surface area contributed by atoms with Crippen molar-refractivity contribution in [1.82, 2.24) is 4.98 Å². The van der Waals surface area contributed by atoms with Crippen molar-refractivity contribution < 1.29 is 46.1 Å². The maximum atomic E-state index is 12.4. The molecule has 1 aromatic rings. The van der Waals surface area contributed by atoms with Crippen LogP contribution in [0.3, 0.4) is 0 Å². The van der Waals surface area contributed by atoms with Crippen LogP contribution in [0.1, 0.15) is 11.3 Å². The molecule has 0 unspecified atom stereocenters. The zero-order chi connectivity index (χ0) is 15.7. The number of aromatic hydroxyl groups is 1. The summed E-state index contributed by atoms with van der Waals surface area (Å²) in [6, 6.07) is 0.132. The number of halogens is 6. The molecular formula is C9H5F6NO4. The Morgan fingerprint density at radius 2 is 1.80 bits per heavy atom. The van der Waals surface area contributed by atoms with Gasteiger partial charge < -0.3 is 14.9 Å². The lowest BCUT2D eigenvalue weighted by atomic mass is 10.1. The van der Waals surface area contributed by atoms with Crippen molar-refractivity contribution in [2.24, 2.45) is 0 Å². The van der Waals surface area contributed by atoms with Gasteiger partial charge in [-0.25, -0.2) is 4.98 Å². The second-order valence-corrected chi connectivity index (χ2v) is 3.44. The van der Waals surface area contributed by atoms with Gasteiger partial charge in [0.2, 0.25) is 0 Å². The van der Waals surface area contributed by atoms with E-state index >= 15 is 0 Å². The van der Waals surface area contributed by atoms with E-state index < -0.39 is 47.8 Å². The van der Waals surface area contributed by atoms with Gasteiger partial charge in [-0.2, -0.15) is 13.2 Å². The van der Waals surface area contributed by atoms with Crippen LogP contribution in [-0.4, -0.2) is 27.5 Å². The topological polar surface area (TPSA) is 79.7 Å². The van der Waals surface area contributed by atoms with Gasteiger partial charge >= 0.3 is 18.5 Å². The van der Waals surface area contributed by atoms with Crippen molar-refractivity contribution in [2.75, 3.05) is 0 Å². The molecule has 5 nitrogen and oxygen atoms in total. The van der Waals surface area contributed by atoms with Gasteiger partial charge in [0.15, 0.2) is 5.75 Å². The molecular weight excluding hydrogens is 300 g/mol. The molecule has 0 radical (unpaired) electrons. The second-order valence-electron chi connectivity index (χ2n) is 3.44. The quantitative estimate of drug-likeness (QED) is 0.838. The van der Waals surface area contributed by atoms with Crippen LogP contribution in [0, 0.1) is 0 Å². The highest BCUT2D eigenvalue weighted by Crippen LogP contribution is 2.37. The monoisotopic (exact) mass is 305 g/mol. The summed E-state index contributed by atoms with van der Waals surface area (Å²) in [6.45, 7) is 0. The molecule has 0 saturated heterocycles. The third-order valence-electron chi connectivity index (χ3n) is 1.88. The minimum atomic E-state index is -5.39. The molecule has 1 heterocycles. The Morgan fingerprint density at radius 3 is 2.20 bits per heavy atom. The Morgan fingerprint density at radius 1 is 1.25 bits per heavy atom. The van der Waals surface area contributed by atoms with Crippen molar-refractivity contribution >= 4 is 5.97 Å². The van der Waals surface area contributed by atoms with E-state index in [0.29, 0.717) is 0 Å². The Kier molecular flexibility index (Phi) is 4.01. The normalized spacial score (nSPS) is 12.3. The fourth-order valence-electron chi connectivity index (χ4n) is 1.19. The zero-order valence-corrected chi connectivity index (χ0v) is 9.21. The van der Waals surface area contributed by atoms with Gasteiger partial charge in [0.25, 0.3) is 5.88 Å². The molecule has 0 fully saturated rings. The molecule has 0 spiro atoms. The molecule has 0 bridgehead atoms. The SMILES string of the molecule is O=C(O)Cc1cc(C(F)(F)F)nc(OC(F)(F)F)c1O. The average Bonchev–Trinajstić information content (AvgIpc) is 2.19. The lowest BCUT2D eigenvalue weighted by molar-refractivity contribution is -0.277. The zero-order valence-electron chi connectivity index (χ0n) is 9.21. The summed E-state index contributed by atoms with van der Waals surface area (Å²) in [6.07, 6.45) is -11.7. The first kappa shape index (κ1) is 15.9. The summed E-state index contributed by atoms with van der Waals surface area (Å²) < 4.78 is 76.3. The number of rotatable bonds is 3. The Balaban J connectivity index is 3.38. The predicted molar refractivity (Wildman–Crippen MR) is 48.9 cm³/mol. The van der Waals surface area contributed by atoms with Gasteiger partial charge in [0.1, 0.15) is 5.69 Å². The average molecular weight is 305 g/mol. The molecule has 1 aromatic heterocycles.